The number of anilines is 1. The lowest BCUT2D eigenvalue weighted by Gasteiger charge is -2.21. The molecule has 192 valence electrons. The molecule has 0 spiro atoms. The van der Waals surface area contributed by atoms with Crippen molar-refractivity contribution >= 4 is 35.8 Å². The maximum atomic E-state index is 13.2. The van der Waals surface area contributed by atoms with Gasteiger partial charge < -0.3 is 0 Å². The molecule has 34 heavy (non-hydrogen) atoms. The van der Waals surface area contributed by atoms with Gasteiger partial charge in [-0.25, -0.2) is 39.1 Å². The van der Waals surface area contributed by atoms with Crippen LogP contribution in [-0.2, 0) is 30.1 Å². The van der Waals surface area contributed by atoms with Crippen LogP contribution in [-0.4, -0.2) is 42.6 Å². The summed E-state index contributed by atoms with van der Waals surface area (Å²) in [7, 11) is -11.1. The number of rotatable bonds is 6. The second kappa shape index (κ2) is 10.7. The van der Waals surface area contributed by atoms with Crippen molar-refractivity contribution in [3.63, 3.8) is 0 Å². The Morgan fingerprint density at radius 2 is 1.03 bits per heavy atom. The SMILES string of the molecule is CC(C)(C)NS(=O)(=O)c1ccccc1F.CC(C)(C)NS(=O)(=O)c1ccccc1NS(C)(=O)=O. The smallest absolute Gasteiger partial charge is 0.243 e. The van der Waals surface area contributed by atoms with E-state index in [9.17, 15) is 29.6 Å². The Morgan fingerprint density at radius 1 is 0.647 bits per heavy atom. The predicted octanol–water partition coefficient (Wildman–Crippen LogP) is 3.04. The second-order valence-electron chi connectivity index (χ2n) is 9.51. The zero-order chi connectivity index (χ0) is 26.6. The van der Waals surface area contributed by atoms with Gasteiger partial charge in [-0.1, -0.05) is 24.3 Å². The van der Waals surface area contributed by atoms with Crippen molar-refractivity contribution in [2.75, 3.05) is 11.0 Å². The van der Waals surface area contributed by atoms with E-state index in [1.165, 1.54) is 36.4 Å². The van der Waals surface area contributed by atoms with E-state index in [0.717, 1.165) is 12.3 Å². The lowest BCUT2D eigenvalue weighted by atomic mass is 10.1. The minimum atomic E-state index is -3.80. The molecule has 0 aromatic heterocycles. The Hall–Kier alpha value is -2.06. The van der Waals surface area contributed by atoms with Crippen LogP contribution in [0.25, 0.3) is 0 Å². The minimum absolute atomic E-state index is 0.0294. The summed E-state index contributed by atoms with van der Waals surface area (Å²) in [4.78, 5) is -0.421. The molecule has 0 amide bonds. The van der Waals surface area contributed by atoms with Crippen LogP contribution in [0.1, 0.15) is 41.5 Å². The van der Waals surface area contributed by atoms with Crippen LogP contribution in [0.3, 0.4) is 0 Å². The van der Waals surface area contributed by atoms with Gasteiger partial charge in [-0.15, -0.1) is 0 Å². The number of hydrogen-bond acceptors (Lipinski definition) is 6. The molecular formula is C21H32FN3O6S3. The fourth-order valence-electron chi connectivity index (χ4n) is 2.56. The Bertz CT molecular complexity index is 1310. The Labute approximate surface area is 202 Å². The van der Waals surface area contributed by atoms with Gasteiger partial charge in [0.05, 0.1) is 11.9 Å². The van der Waals surface area contributed by atoms with Crippen LogP contribution in [0.5, 0.6) is 0 Å². The summed E-state index contributed by atoms with van der Waals surface area (Å²) < 4.78 is 90.6. The van der Waals surface area contributed by atoms with Gasteiger partial charge in [0.1, 0.15) is 15.6 Å². The van der Waals surface area contributed by atoms with E-state index < -0.39 is 47.0 Å². The molecule has 0 bridgehead atoms. The molecule has 0 atom stereocenters. The van der Waals surface area contributed by atoms with Crippen LogP contribution < -0.4 is 14.2 Å². The number of nitrogens with one attached hydrogen (secondary N) is 3. The largest absolute Gasteiger partial charge is 0.282 e. The summed E-state index contributed by atoms with van der Waals surface area (Å²) in [6.07, 6.45) is 0.966. The third-order valence-corrected chi connectivity index (χ3v) is 7.68. The Morgan fingerprint density at radius 3 is 1.44 bits per heavy atom. The molecule has 13 heteroatoms. The maximum absolute atomic E-state index is 13.2. The van der Waals surface area contributed by atoms with E-state index in [2.05, 4.69) is 14.2 Å². The lowest BCUT2D eigenvalue weighted by Crippen LogP contribution is -2.40. The van der Waals surface area contributed by atoms with Crippen molar-refractivity contribution in [1.29, 1.82) is 0 Å². The molecule has 2 rings (SSSR count). The molecule has 3 N–H and O–H groups in total. The highest BCUT2D eigenvalue weighted by Gasteiger charge is 2.25. The molecule has 0 aliphatic carbocycles. The van der Waals surface area contributed by atoms with Crippen LogP contribution in [0.4, 0.5) is 10.1 Å². The normalized spacial score (nSPS) is 13.1. The van der Waals surface area contributed by atoms with Crippen molar-refractivity contribution in [2.24, 2.45) is 0 Å². The van der Waals surface area contributed by atoms with E-state index in [1.54, 1.807) is 47.6 Å². The quantitative estimate of drug-likeness (QED) is 0.518. The van der Waals surface area contributed by atoms with Gasteiger partial charge in [0.2, 0.25) is 30.1 Å². The lowest BCUT2D eigenvalue weighted by molar-refractivity contribution is 0.485. The molecule has 9 nitrogen and oxygen atoms in total. The highest BCUT2D eigenvalue weighted by atomic mass is 32.2. The maximum Gasteiger partial charge on any atom is 0.243 e. The number of benzene rings is 2. The summed E-state index contributed by atoms with van der Waals surface area (Å²) >= 11 is 0. The van der Waals surface area contributed by atoms with E-state index in [-0.39, 0.29) is 15.5 Å². The molecule has 0 aliphatic heterocycles. The summed E-state index contributed by atoms with van der Waals surface area (Å²) in [5.41, 5.74) is -1.25. The van der Waals surface area contributed by atoms with E-state index in [4.69, 9.17) is 0 Å². The number of sulfonamides is 3. The van der Waals surface area contributed by atoms with Crippen molar-refractivity contribution < 1.29 is 29.6 Å². The van der Waals surface area contributed by atoms with Gasteiger partial charge in [0, 0.05) is 11.1 Å². The molecule has 0 aliphatic rings. The Kier molecular flexibility index (Phi) is 9.42. The fourth-order valence-corrected chi connectivity index (χ4v) is 6.29. The highest BCUT2D eigenvalue weighted by Crippen LogP contribution is 2.23. The van der Waals surface area contributed by atoms with Gasteiger partial charge in [0.25, 0.3) is 0 Å². The van der Waals surface area contributed by atoms with Crippen LogP contribution in [0.15, 0.2) is 58.3 Å². The summed E-state index contributed by atoms with van der Waals surface area (Å²) in [5.74, 6) is -0.741. The average Bonchev–Trinajstić information content (AvgIpc) is 2.57. The first-order valence-electron chi connectivity index (χ1n) is 10.0. The summed E-state index contributed by atoms with van der Waals surface area (Å²) in [5, 5.41) is 0. The van der Waals surface area contributed by atoms with Crippen molar-refractivity contribution in [3.05, 3.63) is 54.3 Å². The van der Waals surface area contributed by atoms with Gasteiger partial charge in [-0.05, 0) is 65.8 Å². The second-order valence-corrected chi connectivity index (χ2v) is 14.6. The van der Waals surface area contributed by atoms with Gasteiger partial charge in [-0.3, -0.25) is 4.72 Å². The van der Waals surface area contributed by atoms with Gasteiger partial charge >= 0.3 is 0 Å². The fraction of sp³-hybridized carbons (Fsp3) is 0.429. The van der Waals surface area contributed by atoms with Crippen molar-refractivity contribution in [3.8, 4) is 0 Å². The zero-order valence-corrected chi connectivity index (χ0v) is 22.6. The zero-order valence-electron chi connectivity index (χ0n) is 20.2. The first-order chi connectivity index (χ1) is 15.1. The summed E-state index contributed by atoms with van der Waals surface area (Å²) in [6, 6.07) is 11.1. The molecule has 0 saturated carbocycles. The third-order valence-electron chi connectivity index (χ3n) is 3.48. The monoisotopic (exact) mass is 537 g/mol. The number of para-hydroxylation sites is 1. The molecular weight excluding hydrogens is 505 g/mol. The number of halogens is 1. The predicted molar refractivity (Wildman–Crippen MR) is 131 cm³/mol. The standard InChI is InChI=1S/C11H18N2O4S2.C10H14FNO2S/c1-11(2,3)13-19(16,17)10-8-6-5-7-9(10)12-18(4,14)15;1-10(2,3)12-15(13,14)9-7-5-4-6-8(9)11/h5-8,12-13H,1-4H3;4-7,12H,1-3H3. The first kappa shape index (κ1) is 30.0. The van der Waals surface area contributed by atoms with E-state index >= 15 is 0 Å². The summed E-state index contributed by atoms with van der Waals surface area (Å²) in [6.45, 7) is 10.2. The average molecular weight is 538 g/mol. The molecule has 0 fully saturated rings. The van der Waals surface area contributed by atoms with Crippen LogP contribution in [0, 0.1) is 5.82 Å². The highest BCUT2D eigenvalue weighted by molar-refractivity contribution is 7.92. The third kappa shape index (κ3) is 10.5. The molecule has 2 aromatic rings. The first-order valence-corrected chi connectivity index (χ1v) is 14.9. The Balaban J connectivity index is 0.000000350. The topological polar surface area (TPSA) is 139 Å². The minimum Gasteiger partial charge on any atom is -0.282 e. The molecule has 0 radical (unpaired) electrons. The molecule has 0 unspecified atom stereocenters. The molecule has 2 aromatic carbocycles. The van der Waals surface area contributed by atoms with Crippen molar-refractivity contribution in [1.82, 2.24) is 9.44 Å². The molecule has 0 saturated heterocycles. The van der Waals surface area contributed by atoms with Crippen molar-refractivity contribution in [2.45, 2.75) is 62.4 Å². The van der Waals surface area contributed by atoms with Crippen LogP contribution in [0.2, 0.25) is 0 Å². The van der Waals surface area contributed by atoms with Gasteiger partial charge in [-0.2, -0.15) is 0 Å². The number of hydrogen-bond donors (Lipinski definition) is 3. The molecule has 0 heterocycles. The van der Waals surface area contributed by atoms with E-state index in [0.29, 0.717) is 0 Å². The van der Waals surface area contributed by atoms with Gasteiger partial charge in [0.15, 0.2) is 0 Å². The van der Waals surface area contributed by atoms with Crippen LogP contribution >= 0.6 is 0 Å². The van der Waals surface area contributed by atoms with E-state index in [1.807, 2.05) is 0 Å².